The molecule has 1 heterocycles. The van der Waals surface area contributed by atoms with Crippen LogP contribution in [0.25, 0.3) is 0 Å². The smallest absolute Gasteiger partial charge is 0.410 e. The Morgan fingerprint density at radius 2 is 1.83 bits per heavy atom. The lowest BCUT2D eigenvalue weighted by Gasteiger charge is -2.33. The highest BCUT2D eigenvalue weighted by molar-refractivity contribution is 7.72. The van der Waals surface area contributed by atoms with Crippen LogP contribution in [0.4, 0.5) is 4.79 Å². The summed E-state index contributed by atoms with van der Waals surface area (Å²) >= 11 is 0. The molecule has 0 saturated carbocycles. The van der Waals surface area contributed by atoms with Crippen molar-refractivity contribution >= 4 is 16.8 Å². The number of hydrogen-bond acceptors (Lipinski definition) is 5. The fourth-order valence-electron chi connectivity index (χ4n) is 1.70. The van der Waals surface area contributed by atoms with Crippen molar-refractivity contribution in [1.82, 2.24) is 4.90 Å². The van der Waals surface area contributed by atoms with Gasteiger partial charge in [0, 0.05) is 13.1 Å². The number of amides is 1. The van der Waals surface area contributed by atoms with Gasteiger partial charge < -0.3 is 14.4 Å². The van der Waals surface area contributed by atoms with Crippen LogP contribution in [0.15, 0.2) is 0 Å². The number of hydrogen-bond donors (Lipinski definition) is 1. The van der Waals surface area contributed by atoms with Crippen LogP contribution in [0.1, 0.15) is 33.6 Å². The molecule has 0 radical (unpaired) electrons. The Kier molecular flexibility index (Phi) is 5.40. The highest BCUT2D eigenvalue weighted by Gasteiger charge is 2.27. The van der Waals surface area contributed by atoms with Crippen molar-refractivity contribution in [3.05, 3.63) is 0 Å². The van der Waals surface area contributed by atoms with Crippen molar-refractivity contribution in [2.24, 2.45) is 0 Å². The lowest BCUT2D eigenvalue weighted by Crippen LogP contribution is -2.43. The van der Waals surface area contributed by atoms with Gasteiger partial charge in [0.1, 0.15) is 11.5 Å². The van der Waals surface area contributed by atoms with Crippen LogP contribution in [0.2, 0.25) is 0 Å². The zero-order chi connectivity index (χ0) is 13.8. The number of nitrogens with zero attached hydrogens (tertiary/aromatic N) is 1. The first-order valence-electron chi connectivity index (χ1n) is 5.99. The van der Waals surface area contributed by atoms with Crippen molar-refractivity contribution < 1.29 is 22.7 Å². The number of carbonyl (C=O) groups is 1. The number of piperidine rings is 1. The molecule has 1 saturated heterocycles. The molecule has 18 heavy (non-hydrogen) atoms. The molecular formula is C11H21NO5S. The summed E-state index contributed by atoms with van der Waals surface area (Å²) in [4.78, 5) is 13.4. The van der Waals surface area contributed by atoms with Gasteiger partial charge in [-0.05, 0) is 33.6 Å². The molecule has 0 N–H and O–H groups in total. The molecule has 1 aliphatic heterocycles. The van der Waals surface area contributed by atoms with Crippen LogP contribution in [0, 0.1) is 0 Å². The molecule has 0 spiro atoms. The molecule has 6 nitrogen and oxygen atoms in total. The highest BCUT2D eigenvalue weighted by atomic mass is 32.2. The summed E-state index contributed by atoms with van der Waals surface area (Å²) < 4.78 is 31.3. The van der Waals surface area contributed by atoms with Gasteiger partial charge in [-0.25, -0.2) is 13.2 Å². The van der Waals surface area contributed by atoms with E-state index in [1.165, 1.54) is 0 Å². The SMILES string of the molecule is CC(C)(C)OC(=O)N1CCC(OC[SH](=O)=O)CC1. The molecule has 1 aliphatic rings. The summed E-state index contributed by atoms with van der Waals surface area (Å²) in [6.07, 6.45) is 0.873. The Labute approximate surface area is 109 Å². The van der Waals surface area contributed by atoms with Gasteiger partial charge in [-0.15, -0.1) is 0 Å². The van der Waals surface area contributed by atoms with Gasteiger partial charge >= 0.3 is 6.09 Å². The fourth-order valence-corrected chi connectivity index (χ4v) is 2.03. The Bertz CT molecular complexity index is 345. The third-order valence-electron chi connectivity index (χ3n) is 2.51. The van der Waals surface area contributed by atoms with Crippen LogP contribution in [-0.4, -0.2) is 50.1 Å². The van der Waals surface area contributed by atoms with E-state index in [-0.39, 0.29) is 18.1 Å². The summed E-state index contributed by atoms with van der Waals surface area (Å²) in [7, 11) is -2.49. The van der Waals surface area contributed by atoms with Gasteiger partial charge in [0.15, 0.2) is 10.7 Å². The Hall–Kier alpha value is -0.820. The van der Waals surface area contributed by atoms with Crippen molar-refractivity contribution in [2.45, 2.75) is 45.3 Å². The van der Waals surface area contributed by atoms with E-state index in [0.717, 1.165) is 0 Å². The number of rotatable bonds is 3. The van der Waals surface area contributed by atoms with Crippen molar-refractivity contribution in [2.75, 3.05) is 19.0 Å². The van der Waals surface area contributed by atoms with Crippen molar-refractivity contribution in [1.29, 1.82) is 0 Å². The summed E-state index contributed by atoms with van der Waals surface area (Å²) in [6, 6.07) is 0. The predicted molar refractivity (Wildman–Crippen MR) is 67.1 cm³/mol. The van der Waals surface area contributed by atoms with Gasteiger partial charge in [-0.2, -0.15) is 0 Å². The molecule has 0 aromatic rings. The zero-order valence-corrected chi connectivity index (χ0v) is 11.9. The van der Waals surface area contributed by atoms with Crippen LogP contribution >= 0.6 is 0 Å². The summed E-state index contributed by atoms with van der Waals surface area (Å²) in [6.45, 7) is 6.55. The van der Waals surface area contributed by atoms with Gasteiger partial charge in [-0.3, -0.25) is 0 Å². The monoisotopic (exact) mass is 279 g/mol. The first-order chi connectivity index (χ1) is 8.28. The largest absolute Gasteiger partial charge is 0.444 e. The zero-order valence-electron chi connectivity index (χ0n) is 11.0. The standard InChI is InChI=1S/C11H21NO5S/c1-11(2,3)17-10(13)12-6-4-9(5-7-12)16-8-18(14)15/h9,18H,4-8H2,1-3H3. The van der Waals surface area contributed by atoms with E-state index in [1.807, 2.05) is 20.8 Å². The molecule has 1 rings (SSSR count). The van der Waals surface area contributed by atoms with Gasteiger partial charge in [0.05, 0.1) is 6.10 Å². The van der Waals surface area contributed by atoms with Gasteiger partial charge in [0.2, 0.25) is 0 Å². The lowest BCUT2D eigenvalue weighted by atomic mass is 10.1. The Morgan fingerprint density at radius 1 is 1.28 bits per heavy atom. The van der Waals surface area contributed by atoms with Crippen LogP contribution in [0.3, 0.4) is 0 Å². The number of carbonyl (C=O) groups excluding carboxylic acids is 1. The third-order valence-corrected chi connectivity index (χ3v) is 2.87. The summed E-state index contributed by atoms with van der Waals surface area (Å²) in [5.41, 5.74) is -0.495. The molecule has 0 bridgehead atoms. The number of ether oxygens (including phenoxy) is 2. The van der Waals surface area contributed by atoms with E-state index in [4.69, 9.17) is 9.47 Å². The highest BCUT2D eigenvalue weighted by Crippen LogP contribution is 2.17. The molecule has 0 atom stereocenters. The Balaban J connectivity index is 2.32. The fraction of sp³-hybridized carbons (Fsp3) is 0.909. The summed E-state index contributed by atoms with van der Waals surface area (Å²) in [5.74, 6) is -0.244. The topological polar surface area (TPSA) is 72.9 Å². The predicted octanol–water partition coefficient (Wildman–Crippen LogP) is 0.971. The van der Waals surface area contributed by atoms with Gasteiger partial charge in [0.25, 0.3) is 0 Å². The minimum Gasteiger partial charge on any atom is -0.444 e. The minimum atomic E-state index is -2.49. The second-order valence-corrected chi connectivity index (χ2v) is 6.22. The van der Waals surface area contributed by atoms with E-state index >= 15 is 0 Å². The third kappa shape index (κ3) is 5.68. The quantitative estimate of drug-likeness (QED) is 0.779. The minimum absolute atomic E-state index is 0.0865. The number of likely N-dealkylation sites (tertiary alicyclic amines) is 1. The summed E-state index contributed by atoms with van der Waals surface area (Å²) in [5, 5.41) is 0. The average Bonchev–Trinajstić information content (AvgIpc) is 2.24. The lowest BCUT2D eigenvalue weighted by molar-refractivity contribution is -0.00141. The molecule has 7 heteroatoms. The van der Waals surface area contributed by atoms with E-state index in [9.17, 15) is 13.2 Å². The number of thiol groups is 1. The van der Waals surface area contributed by atoms with Crippen LogP contribution < -0.4 is 0 Å². The maximum atomic E-state index is 11.8. The maximum absolute atomic E-state index is 11.8. The molecule has 0 unspecified atom stereocenters. The van der Waals surface area contributed by atoms with E-state index in [1.54, 1.807) is 4.90 Å². The maximum Gasteiger partial charge on any atom is 0.410 e. The molecule has 106 valence electrons. The van der Waals surface area contributed by atoms with Crippen molar-refractivity contribution in [3.63, 3.8) is 0 Å². The average molecular weight is 279 g/mol. The molecule has 0 aliphatic carbocycles. The van der Waals surface area contributed by atoms with Crippen LogP contribution in [-0.2, 0) is 20.2 Å². The molecular weight excluding hydrogens is 258 g/mol. The van der Waals surface area contributed by atoms with Crippen LogP contribution in [0.5, 0.6) is 0 Å². The van der Waals surface area contributed by atoms with E-state index in [0.29, 0.717) is 25.9 Å². The van der Waals surface area contributed by atoms with Crippen molar-refractivity contribution in [3.8, 4) is 0 Å². The normalized spacial score (nSPS) is 18.1. The molecule has 0 aromatic heterocycles. The van der Waals surface area contributed by atoms with Gasteiger partial charge in [-0.1, -0.05) is 0 Å². The van der Waals surface area contributed by atoms with E-state index in [2.05, 4.69) is 0 Å². The first kappa shape index (κ1) is 15.2. The Morgan fingerprint density at radius 3 is 2.28 bits per heavy atom. The van der Waals surface area contributed by atoms with E-state index < -0.39 is 16.3 Å². The second-order valence-electron chi connectivity index (χ2n) is 5.30. The molecule has 1 amide bonds. The molecule has 0 aromatic carbocycles. The first-order valence-corrected chi connectivity index (χ1v) is 7.35. The second kappa shape index (κ2) is 6.38. The molecule has 1 fully saturated rings.